The van der Waals surface area contributed by atoms with Gasteiger partial charge in [0.2, 0.25) is 5.91 Å². The summed E-state index contributed by atoms with van der Waals surface area (Å²) < 4.78 is 32.3. The number of hydrogen-bond donors (Lipinski definition) is 1. The van der Waals surface area contributed by atoms with Crippen molar-refractivity contribution in [2.24, 2.45) is 0 Å². The third kappa shape index (κ3) is 5.20. The van der Waals surface area contributed by atoms with E-state index in [1.165, 1.54) is 23.7 Å². The van der Waals surface area contributed by atoms with Crippen LogP contribution >= 0.6 is 0 Å². The topological polar surface area (TPSA) is 69.0 Å². The van der Waals surface area contributed by atoms with Gasteiger partial charge < -0.3 is 10.1 Å². The maximum Gasteiger partial charge on any atom is 0.230 e. The molecule has 0 aliphatic heterocycles. The van der Waals surface area contributed by atoms with E-state index in [0.717, 1.165) is 17.7 Å². The molecule has 0 fully saturated rings. The molecule has 0 aliphatic carbocycles. The maximum absolute atomic E-state index is 13.8. The van der Waals surface area contributed by atoms with Crippen LogP contribution in [0.1, 0.15) is 37.5 Å². The molecule has 1 heterocycles. The number of nitrogens with zero attached hydrogens (tertiary/aromatic N) is 3. The number of methoxy groups -OCH3 is 1. The number of benzene rings is 2. The van der Waals surface area contributed by atoms with Crippen molar-refractivity contribution >= 4 is 11.7 Å². The molecular weight excluding hydrogens is 390 g/mol. The minimum atomic E-state index is -0.800. The van der Waals surface area contributed by atoms with E-state index in [1.54, 1.807) is 0 Å². The molecule has 0 saturated heterocycles. The molecule has 1 amide bonds. The molecule has 0 spiro atoms. The van der Waals surface area contributed by atoms with Gasteiger partial charge in [-0.3, -0.25) is 4.79 Å². The molecule has 0 saturated carbocycles. The molecule has 158 valence electrons. The average molecular weight is 414 g/mol. The van der Waals surface area contributed by atoms with Crippen molar-refractivity contribution in [1.82, 2.24) is 15.0 Å². The van der Waals surface area contributed by atoms with Crippen LogP contribution in [0.5, 0.6) is 5.75 Å². The first-order chi connectivity index (χ1) is 14.2. The smallest absolute Gasteiger partial charge is 0.230 e. The Morgan fingerprint density at radius 1 is 1.10 bits per heavy atom. The number of rotatable bonds is 6. The van der Waals surface area contributed by atoms with Gasteiger partial charge in [-0.05, 0) is 34.2 Å². The molecule has 2 aromatic carbocycles. The second-order valence-electron chi connectivity index (χ2n) is 8.02. The molecule has 30 heavy (non-hydrogen) atoms. The third-order valence-corrected chi connectivity index (χ3v) is 4.57. The summed E-state index contributed by atoms with van der Waals surface area (Å²) in [5.74, 6) is -2.00. The molecule has 3 aromatic rings. The molecule has 8 heteroatoms. The van der Waals surface area contributed by atoms with Crippen LogP contribution in [0.3, 0.4) is 0 Å². The third-order valence-electron chi connectivity index (χ3n) is 4.57. The summed E-state index contributed by atoms with van der Waals surface area (Å²) >= 11 is 0. The number of amides is 1. The second kappa shape index (κ2) is 8.61. The van der Waals surface area contributed by atoms with Crippen LogP contribution in [-0.4, -0.2) is 28.0 Å². The molecule has 0 radical (unpaired) electrons. The zero-order valence-electron chi connectivity index (χ0n) is 17.4. The minimum Gasteiger partial charge on any atom is -0.491 e. The van der Waals surface area contributed by atoms with E-state index in [2.05, 4.69) is 41.0 Å². The minimum absolute atomic E-state index is 0.0436. The van der Waals surface area contributed by atoms with Crippen molar-refractivity contribution in [3.63, 3.8) is 0 Å². The maximum atomic E-state index is 13.8. The van der Waals surface area contributed by atoms with Gasteiger partial charge >= 0.3 is 0 Å². The number of hydrogen-bond acceptors (Lipinski definition) is 4. The Balaban J connectivity index is 1.61. The van der Waals surface area contributed by atoms with Crippen LogP contribution in [0.25, 0.3) is 0 Å². The van der Waals surface area contributed by atoms with Crippen LogP contribution in [0.4, 0.5) is 14.6 Å². The highest BCUT2D eigenvalue weighted by molar-refractivity contribution is 5.91. The van der Waals surface area contributed by atoms with E-state index in [-0.39, 0.29) is 30.1 Å². The quantitative estimate of drug-likeness (QED) is 0.660. The van der Waals surface area contributed by atoms with Crippen LogP contribution in [0.15, 0.2) is 42.6 Å². The van der Waals surface area contributed by atoms with Crippen molar-refractivity contribution in [2.45, 2.75) is 39.2 Å². The van der Waals surface area contributed by atoms with Gasteiger partial charge in [-0.15, -0.1) is 5.10 Å². The van der Waals surface area contributed by atoms with Crippen molar-refractivity contribution in [1.29, 1.82) is 0 Å². The number of aromatic nitrogens is 3. The molecule has 0 bridgehead atoms. The Hall–Kier alpha value is -3.29. The molecule has 0 unspecified atom stereocenters. The van der Waals surface area contributed by atoms with E-state index in [4.69, 9.17) is 0 Å². The zero-order chi connectivity index (χ0) is 21.9. The van der Waals surface area contributed by atoms with Gasteiger partial charge in [0.05, 0.1) is 26.3 Å². The number of carbonyl (C=O) groups is 1. The van der Waals surface area contributed by atoms with Crippen molar-refractivity contribution in [3.8, 4) is 5.75 Å². The van der Waals surface area contributed by atoms with Gasteiger partial charge in [0.25, 0.3) is 0 Å². The fraction of sp³-hybridized carbons (Fsp3) is 0.318. The highest BCUT2D eigenvalue weighted by Gasteiger charge is 2.15. The Kier molecular flexibility index (Phi) is 6.14. The zero-order valence-corrected chi connectivity index (χ0v) is 17.4. The van der Waals surface area contributed by atoms with E-state index in [9.17, 15) is 13.6 Å². The Labute approximate surface area is 173 Å². The summed E-state index contributed by atoms with van der Waals surface area (Å²) in [5, 5.41) is 10.8. The number of halogens is 2. The average Bonchev–Trinajstić information content (AvgIpc) is 3.07. The Morgan fingerprint density at radius 2 is 1.73 bits per heavy atom. The van der Waals surface area contributed by atoms with Gasteiger partial charge in [-0.2, -0.15) is 9.90 Å². The van der Waals surface area contributed by atoms with E-state index in [1.807, 2.05) is 24.3 Å². The van der Waals surface area contributed by atoms with Crippen LogP contribution in [-0.2, 0) is 23.2 Å². The van der Waals surface area contributed by atoms with Crippen LogP contribution in [0, 0.1) is 11.6 Å². The normalized spacial score (nSPS) is 11.4. The highest BCUT2D eigenvalue weighted by Crippen LogP contribution is 2.24. The molecule has 1 N–H and O–H groups in total. The SMILES string of the molecule is COc1c(F)cc(Cn2ncc(NC(=O)Cc3ccc(C(C)(C)C)cc3)n2)cc1F. The second-order valence-corrected chi connectivity index (χ2v) is 8.02. The first-order valence-electron chi connectivity index (χ1n) is 9.47. The van der Waals surface area contributed by atoms with E-state index >= 15 is 0 Å². The monoisotopic (exact) mass is 414 g/mol. The van der Waals surface area contributed by atoms with Gasteiger partial charge in [0, 0.05) is 0 Å². The number of ether oxygens (including phenoxy) is 1. The fourth-order valence-corrected chi connectivity index (χ4v) is 2.99. The molecule has 0 atom stereocenters. The van der Waals surface area contributed by atoms with E-state index in [0.29, 0.717) is 5.56 Å². The Bertz CT molecular complexity index is 1020. The molecule has 6 nitrogen and oxygen atoms in total. The molecule has 3 rings (SSSR count). The van der Waals surface area contributed by atoms with Crippen LogP contribution < -0.4 is 10.1 Å². The first-order valence-corrected chi connectivity index (χ1v) is 9.47. The molecule has 1 aromatic heterocycles. The standard InChI is InChI=1S/C22H24F2N4O2/c1-22(2,3)16-7-5-14(6-8-16)11-20(29)26-19-12-25-28(27-19)13-15-9-17(23)21(30-4)18(24)10-15/h5-10,12H,11,13H2,1-4H3,(H,26,27,29). The highest BCUT2D eigenvalue weighted by atomic mass is 19.1. The summed E-state index contributed by atoms with van der Waals surface area (Å²) in [5.41, 5.74) is 2.46. The lowest BCUT2D eigenvalue weighted by Gasteiger charge is -2.19. The Morgan fingerprint density at radius 3 is 2.30 bits per heavy atom. The summed E-state index contributed by atoms with van der Waals surface area (Å²) in [6.45, 7) is 6.44. The predicted molar refractivity (Wildman–Crippen MR) is 110 cm³/mol. The summed E-state index contributed by atoms with van der Waals surface area (Å²) in [7, 11) is 1.20. The van der Waals surface area contributed by atoms with Gasteiger partial charge in [-0.25, -0.2) is 8.78 Å². The van der Waals surface area contributed by atoms with Crippen LogP contribution in [0.2, 0.25) is 0 Å². The van der Waals surface area contributed by atoms with Crippen molar-refractivity contribution in [3.05, 3.63) is 70.9 Å². The molecule has 0 aliphatic rings. The lowest BCUT2D eigenvalue weighted by Crippen LogP contribution is -2.16. The predicted octanol–water partition coefficient (Wildman–Crippen LogP) is 4.09. The van der Waals surface area contributed by atoms with Crippen molar-refractivity contribution in [2.75, 3.05) is 12.4 Å². The van der Waals surface area contributed by atoms with Gasteiger partial charge in [-0.1, -0.05) is 45.0 Å². The van der Waals surface area contributed by atoms with Gasteiger partial charge in [0.15, 0.2) is 23.2 Å². The number of anilines is 1. The number of nitrogens with one attached hydrogen (secondary N) is 1. The first kappa shape index (κ1) is 21.4. The fourth-order valence-electron chi connectivity index (χ4n) is 2.99. The summed E-state index contributed by atoms with van der Waals surface area (Å²) in [4.78, 5) is 13.5. The largest absolute Gasteiger partial charge is 0.491 e. The molecular formula is C22H24F2N4O2. The number of carbonyl (C=O) groups excluding carboxylic acids is 1. The van der Waals surface area contributed by atoms with E-state index < -0.39 is 17.4 Å². The summed E-state index contributed by atoms with van der Waals surface area (Å²) in [6.07, 6.45) is 1.59. The van der Waals surface area contributed by atoms with Crippen molar-refractivity contribution < 1.29 is 18.3 Å². The van der Waals surface area contributed by atoms with Gasteiger partial charge in [0.1, 0.15) is 0 Å². The lowest BCUT2D eigenvalue weighted by atomic mass is 9.86. The summed E-state index contributed by atoms with van der Waals surface area (Å²) in [6, 6.07) is 10.2. The lowest BCUT2D eigenvalue weighted by molar-refractivity contribution is -0.115.